The summed E-state index contributed by atoms with van der Waals surface area (Å²) in [7, 11) is 0. The lowest BCUT2D eigenvalue weighted by Crippen LogP contribution is -2.30. The lowest BCUT2D eigenvalue weighted by atomic mass is 9.66. The molecule has 0 N–H and O–H groups in total. The first-order chi connectivity index (χ1) is 9.38. The van der Waals surface area contributed by atoms with E-state index in [1.165, 1.54) is 38.5 Å². The summed E-state index contributed by atoms with van der Waals surface area (Å²) >= 11 is 0. The van der Waals surface area contributed by atoms with Gasteiger partial charge in [-0.15, -0.1) is 0 Å². The van der Waals surface area contributed by atoms with E-state index in [2.05, 4.69) is 41.5 Å². The van der Waals surface area contributed by atoms with Crippen molar-refractivity contribution in [2.75, 3.05) is 0 Å². The SMILES string of the molecule is CC1CC(CCC2CC(C)C(C)C(C)C2)CC(C)C1C. The maximum atomic E-state index is 2.49. The van der Waals surface area contributed by atoms with Gasteiger partial charge < -0.3 is 0 Å². The van der Waals surface area contributed by atoms with Crippen molar-refractivity contribution < 1.29 is 0 Å². The monoisotopic (exact) mass is 278 g/mol. The van der Waals surface area contributed by atoms with Crippen LogP contribution in [0.4, 0.5) is 0 Å². The van der Waals surface area contributed by atoms with Crippen LogP contribution in [-0.2, 0) is 0 Å². The van der Waals surface area contributed by atoms with Crippen molar-refractivity contribution in [2.24, 2.45) is 47.3 Å². The Balaban J connectivity index is 1.78. The second kappa shape index (κ2) is 6.84. The van der Waals surface area contributed by atoms with Gasteiger partial charge in [0.1, 0.15) is 0 Å². The lowest BCUT2D eigenvalue weighted by Gasteiger charge is -2.40. The van der Waals surface area contributed by atoms with Crippen LogP contribution in [0.2, 0.25) is 0 Å². The molecule has 2 saturated carbocycles. The van der Waals surface area contributed by atoms with Crippen LogP contribution in [0.1, 0.15) is 80.1 Å². The van der Waals surface area contributed by atoms with Crippen LogP contribution in [-0.4, -0.2) is 0 Å². The molecular formula is C20H38. The molecule has 0 heteroatoms. The summed E-state index contributed by atoms with van der Waals surface area (Å²) in [6.45, 7) is 14.9. The first kappa shape index (κ1) is 16.4. The summed E-state index contributed by atoms with van der Waals surface area (Å²) in [5.41, 5.74) is 0. The minimum Gasteiger partial charge on any atom is -0.0622 e. The highest BCUT2D eigenvalue weighted by molar-refractivity contribution is 4.83. The van der Waals surface area contributed by atoms with E-state index in [0.717, 1.165) is 47.3 Å². The Morgan fingerprint density at radius 2 is 0.750 bits per heavy atom. The first-order valence-corrected chi connectivity index (χ1v) is 9.38. The zero-order chi connectivity index (χ0) is 14.9. The zero-order valence-corrected chi connectivity index (χ0v) is 14.9. The van der Waals surface area contributed by atoms with Gasteiger partial charge in [0.25, 0.3) is 0 Å². The molecule has 0 aromatic rings. The molecular weight excluding hydrogens is 240 g/mol. The third kappa shape index (κ3) is 3.80. The average molecular weight is 279 g/mol. The predicted octanol–water partition coefficient (Wildman–Crippen LogP) is 6.40. The standard InChI is InChI=1S/C20H38/c1-13-9-19(10-14(2)17(13)5)7-8-20-11-15(3)18(6)16(4)12-20/h13-20H,7-12H2,1-6H3. The van der Waals surface area contributed by atoms with E-state index < -0.39 is 0 Å². The van der Waals surface area contributed by atoms with Crippen LogP contribution in [0.25, 0.3) is 0 Å². The third-order valence-electron chi connectivity index (χ3n) is 7.39. The van der Waals surface area contributed by atoms with E-state index in [0.29, 0.717) is 0 Å². The highest BCUT2D eigenvalue weighted by Crippen LogP contribution is 2.43. The molecule has 0 saturated heterocycles. The van der Waals surface area contributed by atoms with E-state index in [4.69, 9.17) is 0 Å². The van der Waals surface area contributed by atoms with Gasteiger partial charge >= 0.3 is 0 Å². The molecule has 118 valence electrons. The molecule has 0 aromatic carbocycles. The molecule has 0 bridgehead atoms. The van der Waals surface area contributed by atoms with Crippen molar-refractivity contribution >= 4 is 0 Å². The second-order valence-electron chi connectivity index (χ2n) is 8.88. The summed E-state index contributed by atoms with van der Waals surface area (Å²) in [6, 6.07) is 0. The molecule has 0 aromatic heterocycles. The van der Waals surface area contributed by atoms with Gasteiger partial charge in [0.15, 0.2) is 0 Å². The van der Waals surface area contributed by atoms with Crippen molar-refractivity contribution in [1.82, 2.24) is 0 Å². The maximum absolute atomic E-state index is 2.49. The van der Waals surface area contributed by atoms with E-state index in [1.54, 1.807) is 0 Å². The molecule has 2 fully saturated rings. The molecule has 0 radical (unpaired) electrons. The third-order valence-corrected chi connectivity index (χ3v) is 7.39. The largest absolute Gasteiger partial charge is 0.0622 e. The second-order valence-corrected chi connectivity index (χ2v) is 8.88. The number of hydrogen-bond acceptors (Lipinski definition) is 0. The molecule has 0 amide bonds. The summed E-state index contributed by atoms with van der Waals surface area (Å²) in [5.74, 6) is 7.76. The molecule has 2 rings (SSSR count). The van der Waals surface area contributed by atoms with Crippen LogP contribution in [0.3, 0.4) is 0 Å². The van der Waals surface area contributed by atoms with E-state index in [-0.39, 0.29) is 0 Å². The van der Waals surface area contributed by atoms with Crippen LogP contribution in [0, 0.1) is 47.3 Å². The molecule has 0 heterocycles. The van der Waals surface area contributed by atoms with Crippen LogP contribution in [0.5, 0.6) is 0 Å². The van der Waals surface area contributed by atoms with Gasteiger partial charge in [-0.1, -0.05) is 54.4 Å². The van der Waals surface area contributed by atoms with Gasteiger partial charge in [0.2, 0.25) is 0 Å². The smallest absolute Gasteiger partial charge is 0.0391 e. The molecule has 20 heavy (non-hydrogen) atoms. The Labute approximate surface area is 128 Å². The Hall–Kier alpha value is 0. The fourth-order valence-electron chi connectivity index (χ4n) is 5.22. The van der Waals surface area contributed by atoms with Crippen molar-refractivity contribution in [3.8, 4) is 0 Å². The van der Waals surface area contributed by atoms with Gasteiger partial charge in [-0.3, -0.25) is 0 Å². The Morgan fingerprint density at radius 3 is 1.00 bits per heavy atom. The van der Waals surface area contributed by atoms with E-state index in [1.807, 2.05) is 0 Å². The Bertz CT molecular complexity index is 240. The molecule has 0 nitrogen and oxygen atoms in total. The van der Waals surface area contributed by atoms with E-state index >= 15 is 0 Å². The summed E-state index contributed by atoms with van der Waals surface area (Å²) in [5, 5.41) is 0. The molecule has 0 spiro atoms. The topological polar surface area (TPSA) is 0 Å². The fraction of sp³-hybridized carbons (Fsp3) is 1.00. The van der Waals surface area contributed by atoms with Crippen LogP contribution >= 0.6 is 0 Å². The molecule has 2 aliphatic rings. The summed E-state index contributed by atoms with van der Waals surface area (Å²) in [6.07, 6.45) is 9.03. The summed E-state index contributed by atoms with van der Waals surface area (Å²) < 4.78 is 0. The Morgan fingerprint density at radius 1 is 0.500 bits per heavy atom. The molecule has 4 atom stereocenters. The highest BCUT2D eigenvalue weighted by Gasteiger charge is 2.33. The Kier molecular flexibility index (Phi) is 5.60. The molecule has 2 aliphatic carbocycles. The van der Waals surface area contributed by atoms with Gasteiger partial charge in [-0.2, -0.15) is 0 Å². The number of rotatable bonds is 3. The number of hydrogen-bond donors (Lipinski definition) is 0. The fourth-order valence-corrected chi connectivity index (χ4v) is 5.22. The molecule has 4 unspecified atom stereocenters. The highest BCUT2D eigenvalue weighted by atomic mass is 14.4. The van der Waals surface area contributed by atoms with Crippen LogP contribution < -0.4 is 0 Å². The predicted molar refractivity (Wildman–Crippen MR) is 89.7 cm³/mol. The zero-order valence-electron chi connectivity index (χ0n) is 14.9. The van der Waals surface area contributed by atoms with E-state index in [9.17, 15) is 0 Å². The minimum atomic E-state index is 0.946. The quantitative estimate of drug-likeness (QED) is 0.560. The van der Waals surface area contributed by atoms with Gasteiger partial charge in [0.05, 0.1) is 0 Å². The van der Waals surface area contributed by atoms with Gasteiger partial charge in [-0.25, -0.2) is 0 Å². The van der Waals surface area contributed by atoms with Gasteiger partial charge in [0, 0.05) is 0 Å². The van der Waals surface area contributed by atoms with Crippen molar-refractivity contribution in [3.05, 3.63) is 0 Å². The van der Waals surface area contributed by atoms with Crippen molar-refractivity contribution in [1.29, 1.82) is 0 Å². The minimum absolute atomic E-state index is 0.946. The average Bonchev–Trinajstić information content (AvgIpc) is 2.39. The summed E-state index contributed by atoms with van der Waals surface area (Å²) in [4.78, 5) is 0. The first-order valence-electron chi connectivity index (χ1n) is 9.38. The maximum Gasteiger partial charge on any atom is -0.0391 e. The lowest BCUT2D eigenvalue weighted by molar-refractivity contribution is 0.107. The van der Waals surface area contributed by atoms with Crippen molar-refractivity contribution in [2.45, 2.75) is 80.1 Å². The van der Waals surface area contributed by atoms with Gasteiger partial charge in [-0.05, 0) is 73.0 Å². The van der Waals surface area contributed by atoms with Crippen LogP contribution in [0.15, 0.2) is 0 Å². The normalized spacial score (nSPS) is 50.1. The van der Waals surface area contributed by atoms with Crippen molar-refractivity contribution in [3.63, 3.8) is 0 Å². The molecule has 0 aliphatic heterocycles.